The predicted octanol–water partition coefficient (Wildman–Crippen LogP) is 7.16. The molecule has 0 unspecified atom stereocenters. The van der Waals surface area contributed by atoms with E-state index >= 15 is 4.39 Å². The van der Waals surface area contributed by atoms with E-state index in [0.717, 1.165) is 29.5 Å². The van der Waals surface area contributed by atoms with Gasteiger partial charge in [0, 0.05) is 16.9 Å². The average Bonchev–Trinajstić information content (AvgIpc) is 2.84. The Labute approximate surface area is 198 Å². The summed E-state index contributed by atoms with van der Waals surface area (Å²) in [6.07, 6.45) is 4.79. The second kappa shape index (κ2) is 11.0. The van der Waals surface area contributed by atoms with Crippen molar-refractivity contribution in [2.45, 2.75) is 51.7 Å². The second-order valence-corrected chi connectivity index (χ2v) is 8.93. The molecule has 0 bridgehead atoms. The zero-order valence-corrected chi connectivity index (χ0v) is 19.3. The van der Waals surface area contributed by atoms with E-state index in [0.29, 0.717) is 35.6 Å². The lowest BCUT2D eigenvalue weighted by molar-refractivity contribution is -0.206. The van der Waals surface area contributed by atoms with Crippen molar-refractivity contribution in [1.82, 2.24) is 0 Å². The molecule has 1 aliphatic rings. The third-order valence-electron chi connectivity index (χ3n) is 6.41. The average molecular weight is 468 g/mol. The number of unbranched alkanes of at least 4 members (excludes halogenated alkanes) is 2. The van der Waals surface area contributed by atoms with Crippen LogP contribution in [0.2, 0.25) is 0 Å². The van der Waals surface area contributed by atoms with Crippen LogP contribution in [0.1, 0.15) is 61.2 Å². The number of halogens is 3. The molecule has 1 fully saturated rings. The SMILES string of the molecule is CCCCCC1COC(c2ccc3c(F)c(CCc4cc(F)c(C#N)c(F)c4)ccc3c2)OC1. The number of fused-ring (bicyclic) bond motifs is 1. The highest BCUT2D eigenvalue weighted by molar-refractivity contribution is 5.84. The standard InChI is InChI=1S/C28H28F3NO2/c1-2-3-4-5-19-16-33-28(34-17-19)22-10-11-23-21(14-22)9-8-20(27(23)31)7-6-18-12-25(29)24(15-32)26(30)13-18/h8-14,19,28H,2-7,16-17H2,1H3. The van der Waals surface area contributed by atoms with Crippen LogP contribution >= 0.6 is 0 Å². The Kier molecular flexibility index (Phi) is 7.87. The molecule has 0 aromatic heterocycles. The van der Waals surface area contributed by atoms with E-state index in [1.165, 1.54) is 25.3 Å². The Bertz CT molecular complexity index is 1170. The molecular weight excluding hydrogens is 439 g/mol. The predicted molar refractivity (Wildman–Crippen MR) is 125 cm³/mol. The van der Waals surface area contributed by atoms with Crippen molar-refractivity contribution in [2.75, 3.05) is 13.2 Å². The zero-order chi connectivity index (χ0) is 24.1. The summed E-state index contributed by atoms with van der Waals surface area (Å²) >= 11 is 0. The highest BCUT2D eigenvalue weighted by Crippen LogP contribution is 2.31. The van der Waals surface area contributed by atoms with Crippen molar-refractivity contribution in [1.29, 1.82) is 5.26 Å². The summed E-state index contributed by atoms with van der Waals surface area (Å²) in [4.78, 5) is 0. The number of benzene rings is 3. The molecule has 3 nitrogen and oxygen atoms in total. The number of rotatable bonds is 8. The van der Waals surface area contributed by atoms with E-state index in [1.54, 1.807) is 12.1 Å². The van der Waals surface area contributed by atoms with Gasteiger partial charge in [-0.25, -0.2) is 13.2 Å². The molecule has 0 saturated carbocycles. The van der Waals surface area contributed by atoms with Crippen LogP contribution in [0.15, 0.2) is 42.5 Å². The third-order valence-corrected chi connectivity index (χ3v) is 6.41. The summed E-state index contributed by atoms with van der Waals surface area (Å²) < 4.78 is 54.7. The van der Waals surface area contributed by atoms with Crippen LogP contribution in [0, 0.1) is 34.7 Å². The molecule has 0 radical (unpaired) electrons. The number of aryl methyl sites for hydroxylation is 2. The summed E-state index contributed by atoms with van der Waals surface area (Å²) in [5, 5.41) is 10.0. The van der Waals surface area contributed by atoms with Gasteiger partial charge >= 0.3 is 0 Å². The lowest BCUT2D eigenvalue weighted by Gasteiger charge is -2.29. The van der Waals surface area contributed by atoms with E-state index in [-0.39, 0.29) is 18.7 Å². The maximum absolute atomic E-state index is 15.2. The summed E-state index contributed by atoms with van der Waals surface area (Å²) in [6.45, 7) is 3.51. The lowest BCUT2D eigenvalue weighted by atomic mass is 9.98. The van der Waals surface area contributed by atoms with E-state index in [4.69, 9.17) is 14.7 Å². The van der Waals surface area contributed by atoms with Gasteiger partial charge in [0.2, 0.25) is 0 Å². The van der Waals surface area contributed by atoms with E-state index in [1.807, 2.05) is 18.2 Å². The minimum Gasteiger partial charge on any atom is -0.348 e. The zero-order valence-electron chi connectivity index (χ0n) is 19.3. The quantitative estimate of drug-likeness (QED) is 0.330. The topological polar surface area (TPSA) is 42.2 Å². The molecule has 3 aromatic rings. The number of hydrogen-bond acceptors (Lipinski definition) is 3. The minimum absolute atomic E-state index is 0.253. The maximum atomic E-state index is 15.2. The van der Waals surface area contributed by atoms with Gasteiger partial charge in [-0.2, -0.15) is 5.26 Å². The molecule has 1 aliphatic heterocycles. The number of ether oxygens (including phenoxy) is 2. The summed E-state index contributed by atoms with van der Waals surface area (Å²) in [7, 11) is 0. The molecule has 3 aromatic carbocycles. The van der Waals surface area contributed by atoms with Crippen molar-refractivity contribution in [3.8, 4) is 6.07 Å². The summed E-state index contributed by atoms with van der Waals surface area (Å²) in [5.41, 5.74) is 1.10. The van der Waals surface area contributed by atoms with Gasteiger partial charge in [-0.3, -0.25) is 0 Å². The van der Waals surface area contributed by atoms with Crippen LogP contribution in [0.25, 0.3) is 10.8 Å². The Balaban J connectivity index is 1.43. The largest absolute Gasteiger partial charge is 0.348 e. The van der Waals surface area contributed by atoms with Gasteiger partial charge in [-0.15, -0.1) is 0 Å². The molecule has 6 heteroatoms. The number of nitriles is 1. The molecular formula is C28H28F3NO2. The minimum atomic E-state index is -0.900. The van der Waals surface area contributed by atoms with Gasteiger partial charge < -0.3 is 9.47 Å². The van der Waals surface area contributed by atoms with Crippen molar-refractivity contribution in [2.24, 2.45) is 5.92 Å². The molecule has 34 heavy (non-hydrogen) atoms. The van der Waals surface area contributed by atoms with Gasteiger partial charge in [0.1, 0.15) is 29.1 Å². The van der Waals surface area contributed by atoms with Crippen LogP contribution in [0.4, 0.5) is 13.2 Å². The Morgan fingerprint density at radius 1 is 0.941 bits per heavy atom. The normalized spacial score (nSPS) is 18.2. The number of nitrogens with zero attached hydrogens (tertiary/aromatic N) is 1. The molecule has 4 rings (SSSR count). The molecule has 0 atom stereocenters. The Morgan fingerprint density at radius 2 is 1.68 bits per heavy atom. The van der Waals surface area contributed by atoms with Crippen LogP contribution in [-0.4, -0.2) is 13.2 Å². The van der Waals surface area contributed by atoms with Crippen molar-refractivity contribution in [3.63, 3.8) is 0 Å². The maximum Gasteiger partial charge on any atom is 0.183 e. The third kappa shape index (κ3) is 5.43. The fourth-order valence-corrected chi connectivity index (χ4v) is 4.44. The molecule has 178 valence electrons. The molecule has 0 N–H and O–H groups in total. The van der Waals surface area contributed by atoms with Crippen molar-refractivity contribution in [3.05, 3.63) is 82.2 Å². The van der Waals surface area contributed by atoms with Crippen LogP contribution < -0.4 is 0 Å². The van der Waals surface area contributed by atoms with E-state index in [2.05, 4.69) is 6.92 Å². The first-order valence-corrected chi connectivity index (χ1v) is 11.8. The fraction of sp³-hybridized carbons (Fsp3) is 0.393. The molecule has 1 heterocycles. The van der Waals surface area contributed by atoms with Crippen LogP contribution in [0.3, 0.4) is 0 Å². The smallest absolute Gasteiger partial charge is 0.183 e. The van der Waals surface area contributed by atoms with Gasteiger partial charge in [0.15, 0.2) is 6.29 Å². The van der Waals surface area contributed by atoms with Crippen molar-refractivity contribution >= 4 is 10.8 Å². The first-order valence-electron chi connectivity index (χ1n) is 11.8. The first kappa shape index (κ1) is 24.3. The first-order chi connectivity index (χ1) is 16.5. The number of hydrogen-bond donors (Lipinski definition) is 0. The molecule has 0 spiro atoms. The van der Waals surface area contributed by atoms with Gasteiger partial charge in [-0.1, -0.05) is 50.5 Å². The van der Waals surface area contributed by atoms with E-state index in [9.17, 15) is 8.78 Å². The van der Waals surface area contributed by atoms with Gasteiger partial charge in [-0.05, 0) is 54.0 Å². The van der Waals surface area contributed by atoms with Crippen LogP contribution in [-0.2, 0) is 22.3 Å². The highest BCUT2D eigenvalue weighted by Gasteiger charge is 2.24. The van der Waals surface area contributed by atoms with Crippen molar-refractivity contribution < 1.29 is 22.6 Å². The van der Waals surface area contributed by atoms with Gasteiger partial charge in [0.05, 0.1) is 13.2 Å². The lowest BCUT2D eigenvalue weighted by Crippen LogP contribution is -2.27. The second-order valence-electron chi connectivity index (χ2n) is 8.93. The molecule has 0 aliphatic carbocycles. The monoisotopic (exact) mass is 467 g/mol. The highest BCUT2D eigenvalue weighted by atomic mass is 19.1. The molecule has 0 amide bonds. The summed E-state index contributed by atoms with van der Waals surface area (Å²) in [6, 6.07) is 12.7. The van der Waals surface area contributed by atoms with Crippen LogP contribution in [0.5, 0.6) is 0 Å². The van der Waals surface area contributed by atoms with Gasteiger partial charge in [0.25, 0.3) is 0 Å². The van der Waals surface area contributed by atoms with E-state index < -0.39 is 23.5 Å². The Hall–Kier alpha value is -2.88. The fourth-order valence-electron chi connectivity index (χ4n) is 4.44. The summed E-state index contributed by atoms with van der Waals surface area (Å²) in [5.74, 6) is -1.73. The molecule has 1 saturated heterocycles. The Morgan fingerprint density at radius 3 is 2.35 bits per heavy atom.